The number of halogens is 1. The first-order valence-electron chi connectivity index (χ1n) is 8.96. The average molecular weight is 447 g/mol. The molecule has 1 aromatic heterocycles. The zero-order valence-corrected chi connectivity index (χ0v) is 17.1. The summed E-state index contributed by atoms with van der Waals surface area (Å²) in [5.41, 5.74) is -0.0564. The number of methoxy groups -OCH3 is 1. The van der Waals surface area contributed by atoms with E-state index in [0.29, 0.717) is 5.76 Å². The number of carbonyl (C=O) groups excluding carboxylic acids is 2. The predicted octanol–water partition coefficient (Wildman–Crippen LogP) is 2.95. The largest absolute Gasteiger partial charge is 0.494 e. The summed E-state index contributed by atoms with van der Waals surface area (Å²) in [5.74, 6) is -1.84. The van der Waals surface area contributed by atoms with Crippen molar-refractivity contribution in [2.75, 3.05) is 13.7 Å². The molecule has 0 spiro atoms. The maximum Gasteiger partial charge on any atom is 0.338 e. The number of rotatable bonds is 9. The van der Waals surface area contributed by atoms with Crippen LogP contribution in [0.15, 0.2) is 70.2 Å². The second-order valence-corrected chi connectivity index (χ2v) is 8.05. The zero-order valence-electron chi connectivity index (χ0n) is 16.3. The summed E-state index contributed by atoms with van der Waals surface area (Å²) >= 11 is 0. The van der Waals surface area contributed by atoms with Gasteiger partial charge in [0, 0.05) is 5.56 Å². The van der Waals surface area contributed by atoms with Crippen LogP contribution in [0.1, 0.15) is 26.5 Å². The molecule has 2 aromatic carbocycles. The van der Waals surface area contributed by atoms with Crippen molar-refractivity contribution in [3.8, 4) is 5.75 Å². The first kappa shape index (κ1) is 22.2. The molecule has 3 rings (SSSR count). The van der Waals surface area contributed by atoms with E-state index in [1.165, 1.54) is 43.7 Å². The van der Waals surface area contributed by atoms with Crippen LogP contribution in [-0.2, 0) is 21.3 Å². The molecule has 0 aliphatic heterocycles. The van der Waals surface area contributed by atoms with Gasteiger partial charge in [-0.15, -0.1) is 0 Å². The smallest absolute Gasteiger partial charge is 0.338 e. The number of Topliss-reactive ketones (excluding diaryl/α,β-unsaturated/α-hetero) is 1. The first-order chi connectivity index (χ1) is 14.8. The minimum atomic E-state index is -3.92. The summed E-state index contributed by atoms with van der Waals surface area (Å²) in [6, 6.07) is 12.0. The molecule has 0 unspecified atom stereocenters. The molecule has 0 saturated carbocycles. The number of nitrogens with one attached hydrogen (secondary N) is 1. The molecule has 31 heavy (non-hydrogen) atoms. The van der Waals surface area contributed by atoms with Crippen molar-refractivity contribution >= 4 is 21.8 Å². The quantitative estimate of drug-likeness (QED) is 0.396. The third kappa shape index (κ3) is 5.56. The lowest BCUT2D eigenvalue weighted by molar-refractivity contribution is 0.0474. The van der Waals surface area contributed by atoms with Crippen molar-refractivity contribution in [3.63, 3.8) is 0 Å². The summed E-state index contributed by atoms with van der Waals surface area (Å²) < 4.78 is 55.8. The molecule has 0 aliphatic carbocycles. The molecular formula is C21H18FNO7S. The molecule has 0 radical (unpaired) electrons. The van der Waals surface area contributed by atoms with E-state index in [1.54, 1.807) is 12.1 Å². The summed E-state index contributed by atoms with van der Waals surface area (Å²) in [6.45, 7) is -0.699. The van der Waals surface area contributed by atoms with E-state index < -0.39 is 34.2 Å². The van der Waals surface area contributed by atoms with Gasteiger partial charge in [0.2, 0.25) is 10.0 Å². The number of furan rings is 1. The van der Waals surface area contributed by atoms with Crippen LogP contribution >= 0.6 is 0 Å². The number of ether oxygens (including phenoxy) is 2. The van der Waals surface area contributed by atoms with E-state index in [4.69, 9.17) is 13.9 Å². The summed E-state index contributed by atoms with van der Waals surface area (Å²) in [5, 5.41) is 0. The fourth-order valence-electron chi connectivity index (χ4n) is 2.59. The van der Waals surface area contributed by atoms with Crippen LogP contribution in [0.2, 0.25) is 0 Å². The highest BCUT2D eigenvalue weighted by Crippen LogP contribution is 2.18. The van der Waals surface area contributed by atoms with E-state index in [-0.39, 0.29) is 28.3 Å². The van der Waals surface area contributed by atoms with Crippen LogP contribution in [0.3, 0.4) is 0 Å². The van der Waals surface area contributed by atoms with Crippen LogP contribution < -0.4 is 9.46 Å². The van der Waals surface area contributed by atoms with Gasteiger partial charge < -0.3 is 13.9 Å². The number of sulfonamides is 1. The number of hydrogen-bond acceptors (Lipinski definition) is 7. The lowest BCUT2D eigenvalue weighted by atomic mass is 10.1. The number of esters is 1. The van der Waals surface area contributed by atoms with Gasteiger partial charge >= 0.3 is 5.97 Å². The van der Waals surface area contributed by atoms with Crippen LogP contribution in [0.25, 0.3) is 0 Å². The molecule has 1 N–H and O–H groups in total. The summed E-state index contributed by atoms with van der Waals surface area (Å²) in [7, 11) is -2.62. The van der Waals surface area contributed by atoms with Crippen molar-refractivity contribution in [1.29, 1.82) is 0 Å². The fourth-order valence-corrected chi connectivity index (χ4v) is 3.63. The minimum absolute atomic E-state index is 0.00422. The SMILES string of the molecule is COc1ccc(C(=O)COC(=O)c2cccc(S(=O)(=O)NCc3ccco3)c2)cc1F. The normalized spacial score (nSPS) is 11.2. The molecule has 1 heterocycles. The highest BCUT2D eigenvalue weighted by atomic mass is 32.2. The predicted molar refractivity (Wildman–Crippen MR) is 107 cm³/mol. The Balaban J connectivity index is 1.64. The molecule has 0 bridgehead atoms. The molecule has 8 nitrogen and oxygen atoms in total. The number of carbonyl (C=O) groups is 2. The number of benzene rings is 2. The van der Waals surface area contributed by atoms with Crippen LogP contribution in [-0.4, -0.2) is 33.9 Å². The molecule has 0 amide bonds. The summed E-state index contributed by atoms with van der Waals surface area (Å²) in [6.07, 6.45) is 1.42. The minimum Gasteiger partial charge on any atom is -0.494 e. The van der Waals surface area contributed by atoms with E-state index in [0.717, 1.165) is 12.1 Å². The third-order valence-electron chi connectivity index (χ3n) is 4.20. The molecule has 162 valence electrons. The Labute approximate surface area is 177 Å². The second-order valence-electron chi connectivity index (χ2n) is 6.28. The molecular weight excluding hydrogens is 429 g/mol. The Morgan fingerprint density at radius 1 is 1.06 bits per heavy atom. The van der Waals surface area contributed by atoms with Crippen molar-refractivity contribution < 1.29 is 36.3 Å². The standard InChI is InChI=1S/C21H18FNO7S/c1-28-20-8-7-14(11-18(20)22)19(24)13-30-21(25)15-4-2-6-17(10-15)31(26,27)23-12-16-5-3-9-29-16/h2-11,23H,12-13H2,1H3. The zero-order chi connectivity index (χ0) is 22.4. The van der Waals surface area contributed by atoms with Crippen LogP contribution in [0, 0.1) is 5.82 Å². The number of ketones is 1. The lowest BCUT2D eigenvalue weighted by Gasteiger charge is -2.08. The van der Waals surface area contributed by atoms with Gasteiger partial charge in [0.1, 0.15) is 5.76 Å². The molecule has 3 aromatic rings. The van der Waals surface area contributed by atoms with Gasteiger partial charge in [0.15, 0.2) is 24.0 Å². The van der Waals surface area contributed by atoms with E-state index in [9.17, 15) is 22.4 Å². The average Bonchev–Trinajstić information content (AvgIpc) is 3.29. The topological polar surface area (TPSA) is 112 Å². The van der Waals surface area contributed by atoms with Crippen molar-refractivity contribution in [3.05, 3.63) is 83.6 Å². The van der Waals surface area contributed by atoms with Crippen LogP contribution in [0.4, 0.5) is 4.39 Å². The Morgan fingerprint density at radius 3 is 2.55 bits per heavy atom. The summed E-state index contributed by atoms with van der Waals surface area (Å²) in [4.78, 5) is 24.3. The molecule has 0 fully saturated rings. The Kier molecular flexibility index (Phi) is 6.83. The maximum absolute atomic E-state index is 13.7. The van der Waals surface area contributed by atoms with Gasteiger partial charge in [-0.05, 0) is 48.5 Å². The Hall–Kier alpha value is -3.50. The monoisotopic (exact) mass is 447 g/mol. The van der Waals surface area contributed by atoms with Gasteiger partial charge in [-0.25, -0.2) is 22.3 Å². The Morgan fingerprint density at radius 2 is 1.87 bits per heavy atom. The number of hydrogen-bond donors (Lipinski definition) is 1. The molecule has 0 atom stereocenters. The Bertz CT molecular complexity index is 1190. The second kappa shape index (κ2) is 9.54. The van der Waals surface area contributed by atoms with Crippen molar-refractivity contribution in [1.82, 2.24) is 4.72 Å². The fraction of sp³-hybridized carbons (Fsp3) is 0.143. The van der Waals surface area contributed by atoms with Gasteiger partial charge in [-0.1, -0.05) is 6.07 Å². The maximum atomic E-state index is 13.7. The van der Waals surface area contributed by atoms with E-state index in [2.05, 4.69) is 4.72 Å². The van der Waals surface area contributed by atoms with Gasteiger partial charge in [-0.2, -0.15) is 0 Å². The van der Waals surface area contributed by atoms with Crippen LogP contribution in [0.5, 0.6) is 5.75 Å². The molecule has 0 saturated heterocycles. The third-order valence-corrected chi connectivity index (χ3v) is 5.60. The first-order valence-corrected chi connectivity index (χ1v) is 10.4. The van der Waals surface area contributed by atoms with E-state index in [1.807, 2.05) is 0 Å². The van der Waals surface area contributed by atoms with Gasteiger partial charge in [0.25, 0.3) is 0 Å². The van der Waals surface area contributed by atoms with Crippen molar-refractivity contribution in [2.45, 2.75) is 11.4 Å². The molecule has 0 aliphatic rings. The van der Waals surface area contributed by atoms with E-state index >= 15 is 0 Å². The highest BCUT2D eigenvalue weighted by molar-refractivity contribution is 7.89. The lowest BCUT2D eigenvalue weighted by Crippen LogP contribution is -2.23. The molecule has 10 heteroatoms. The van der Waals surface area contributed by atoms with Gasteiger partial charge in [0.05, 0.1) is 30.4 Å². The van der Waals surface area contributed by atoms with Gasteiger partial charge in [-0.3, -0.25) is 4.79 Å². The van der Waals surface area contributed by atoms with Crippen molar-refractivity contribution in [2.24, 2.45) is 0 Å². The highest BCUT2D eigenvalue weighted by Gasteiger charge is 2.18.